The van der Waals surface area contributed by atoms with Gasteiger partial charge >= 0.3 is 5.97 Å². The maximum absolute atomic E-state index is 12.2. The third-order valence-corrected chi connectivity index (χ3v) is 4.05. The third-order valence-electron chi connectivity index (χ3n) is 4.05. The summed E-state index contributed by atoms with van der Waals surface area (Å²) in [5, 5.41) is 0. The van der Waals surface area contributed by atoms with Crippen LogP contribution in [0.25, 0.3) is 0 Å². The smallest absolute Gasteiger partial charge is 0.310 e. The first-order valence-electron chi connectivity index (χ1n) is 6.51. The predicted molar refractivity (Wildman–Crippen MR) is 66.7 cm³/mol. The van der Waals surface area contributed by atoms with E-state index in [9.17, 15) is 4.79 Å². The van der Waals surface area contributed by atoms with Crippen molar-refractivity contribution >= 4 is 5.97 Å². The number of allylic oxidation sites excluding steroid dienone is 2. The van der Waals surface area contributed by atoms with E-state index in [-0.39, 0.29) is 11.9 Å². The molecule has 96 valence electrons. The summed E-state index contributed by atoms with van der Waals surface area (Å²) >= 11 is 0. The Bertz CT molecular complexity index is 470. The van der Waals surface area contributed by atoms with Gasteiger partial charge in [0.2, 0.25) is 0 Å². The molecule has 2 aliphatic rings. The minimum absolute atomic E-state index is 0.0363. The van der Waals surface area contributed by atoms with Gasteiger partial charge in [-0.25, -0.2) is 0 Å². The SMILES string of the molecule is CC(C)(OC(=O)C1CC2C=CC1C2)c1ccco1. The average molecular weight is 246 g/mol. The van der Waals surface area contributed by atoms with Gasteiger partial charge < -0.3 is 9.15 Å². The molecular weight excluding hydrogens is 228 g/mol. The molecule has 0 N–H and O–H groups in total. The fourth-order valence-electron chi connectivity index (χ4n) is 3.05. The van der Waals surface area contributed by atoms with Crippen LogP contribution in [0.4, 0.5) is 0 Å². The van der Waals surface area contributed by atoms with Gasteiger partial charge in [-0.2, -0.15) is 0 Å². The second kappa shape index (κ2) is 4.01. The Morgan fingerprint density at radius 3 is 2.78 bits per heavy atom. The topological polar surface area (TPSA) is 39.4 Å². The second-order valence-corrected chi connectivity index (χ2v) is 5.80. The molecule has 2 aliphatic carbocycles. The molecule has 3 nitrogen and oxygen atoms in total. The third kappa shape index (κ3) is 1.88. The summed E-state index contributed by atoms with van der Waals surface area (Å²) in [4.78, 5) is 12.2. The van der Waals surface area contributed by atoms with Gasteiger partial charge in [-0.1, -0.05) is 12.2 Å². The Kier molecular flexibility index (Phi) is 2.58. The van der Waals surface area contributed by atoms with Crippen molar-refractivity contribution in [3.8, 4) is 0 Å². The van der Waals surface area contributed by atoms with Crippen LogP contribution in [0.3, 0.4) is 0 Å². The molecule has 3 atom stereocenters. The lowest BCUT2D eigenvalue weighted by Gasteiger charge is -2.26. The fraction of sp³-hybridized carbons (Fsp3) is 0.533. The monoisotopic (exact) mass is 246 g/mol. The molecule has 18 heavy (non-hydrogen) atoms. The van der Waals surface area contributed by atoms with Crippen LogP contribution in [0.2, 0.25) is 0 Å². The first-order chi connectivity index (χ1) is 8.56. The number of furan rings is 1. The highest BCUT2D eigenvalue weighted by Crippen LogP contribution is 2.44. The summed E-state index contributed by atoms with van der Waals surface area (Å²) in [6, 6.07) is 3.65. The zero-order valence-electron chi connectivity index (χ0n) is 10.8. The van der Waals surface area contributed by atoms with Crippen LogP contribution in [0.5, 0.6) is 0 Å². The molecular formula is C15H18O3. The highest BCUT2D eigenvalue weighted by Gasteiger charge is 2.42. The summed E-state index contributed by atoms with van der Waals surface area (Å²) in [5.74, 6) is 1.60. The number of fused-ring (bicyclic) bond motifs is 2. The molecule has 0 saturated heterocycles. The minimum Gasteiger partial charge on any atom is -0.465 e. The van der Waals surface area contributed by atoms with Crippen molar-refractivity contribution in [2.45, 2.75) is 32.3 Å². The summed E-state index contributed by atoms with van der Waals surface area (Å²) in [6.07, 6.45) is 8.05. The predicted octanol–water partition coefficient (Wildman–Crippen LogP) is 3.27. The summed E-state index contributed by atoms with van der Waals surface area (Å²) in [7, 11) is 0. The minimum atomic E-state index is -0.688. The van der Waals surface area contributed by atoms with E-state index < -0.39 is 5.60 Å². The number of hydrogen-bond donors (Lipinski definition) is 0. The molecule has 1 aromatic rings. The number of esters is 1. The molecule has 2 bridgehead atoms. The van der Waals surface area contributed by atoms with Crippen molar-refractivity contribution < 1.29 is 13.9 Å². The van der Waals surface area contributed by atoms with Crippen LogP contribution in [0, 0.1) is 17.8 Å². The highest BCUT2D eigenvalue weighted by atomic mass is 16.6. The molecule has 1 fully saturated rings. The molecule has 1 saturated carbocycles. The van der Waals surface area contributed by atoms with Gasteiger partial charge in [0, 0.05) is 0 Å². The standard InChI is InChI=1S/C15H18O3/c1-15(2,13-4-3-7-17-13)18-14(16)12-9-10-5-6-11(12)8-10/h3-7,10-12H,8-9H2,1-2H3. The van der Waals surface area contributed by atoms with E-state index in [4.69, 9.17) is 9.15 Å². The van der Waals surface area contributed by atoms with E-state index in [2.05, 4.69) is 12.2 Å². The molecule has 0 aliphatic heterocycles. The Hall–Kier alpha value is -1.51. The Labute approximate surface area is 107 Å². The summed E-state index contributed by atoms with van der Waals surface area (Å²) < 4.78 is 11.0. The summed E-state index contributed by atoms with van der Waals surface area (Å²) in [6.45, 7) is 3.74. The highest BCUT2D eigenvalue weighted by molar-refractivity contribution is 5.74. The van der Waals surface area contributed by atoms with Crippen LogP contribution >= 0.6 is 0 Å². The molecule has 3 unspecified atom stereocenters. The van der Waals surface area contributed by atoms with Crippen molar-refractivity contribution in [3.05, 3.63) is 36.3 Å². The van der Waals surface area contributed by atoms with Gasteiger partial charge in [-0.05, 0) is 50.7 Å². The molecule has 1 aromatic heterocycles. The van der Waals surface area contributed by atoms with Gasteiger partial charge in [0.05, 0.1) is 12.2 Å². The number of ether oxygens (including phenoxy) is 1. The van der Waals surface area contributed by atoms with Crippen molar-refractivity contribution in [1.82, 2.24) is 0 Å². The van der Waals surface area contributed by atoms with E-state index >= 15 is 0 Å². The van der Waals surface area contributed by atoms with Gasteiger partial charge in [-0.3, -0.25) is 4.79 Å². The van der Waals surface area contributed by atoms with Gasteiger partial charge in [0.1, 0.15) is 5.76 Å². The number of hydrogen-bond acceptors (Lipinski definition) is 3. The van der Waals surface area contributed by atoms with Crippen molar-refractivity contribution in [3.63, 3.8) is 0 Å². The first kappa shape index (κ1) is 11.6. The zero-order chi connectivity index (χ0) is 12.8. The lowest BCUT2D eigenvalue weighted by atomic mass is 9.93. The zero-order valence-corrected chi connectivity index (χ0v) is 10.8. The van der Waals surface area contributed by atoms with Crippen LogP contribution in [0.15, 0.2) is 35.0 Å². The summed E-state index contributed by atoms with van der Waals surface area (Å²) in [5.41, 5.74) is -0.688. The molecule has 0 amide bonds. The van der Waals surface area contributed by atoms with Crippen molar-refractivity contribution in [1.29, 1.82) is 0 Å². The first-order valence-corrected chi connectivity index (χ1v) is 6.51. The van der Waals surface area contributed by atoms with Crippen LogP contribution in [0.1, 0.15) is 32.4 Å². The lowest BCUT2D eigenvalue weighted by Crippen LogP contribution is -2.31. The van der Waals surface area contributed by atoms with E-state index in [1.165, 1.54) is 0 Å². The van der Waals surface area contributed by atoms with E-state index in [1.54, 1.807) is 6.26 Å². The van der Waals surface area contributed by atoms with Gasteiger partial charge in [0.15, 0.2) is 5.60 Å². The van der Waals surface area contributed by atoms with Crippen LogP contribution in [-0.2, 0) is 15.1 Å². The molecule has 3 heteroatoms. The Balaban J connectivity index is 1.70. The molecule has 0 radical (unpaired) electrons. The van der Waals surface area contributed by atoms with Crippen LogP contribution in [-0.4, -0.2) is 5.97 Å². The molecule has 0 spiro atoms. The number of rotatable bonds is 3. The van der Waals surface area contributed by atoms with E-state index in [0.29, 0.717) is 17.6 Å². The van der Waals surface area contributed by atoms with Crippen LogP contribution < -0.4 is 0 Å². The Morgan fingerprint density at radius 2 is 2.22 bits per heavy atom. The van der Waals surface area contributed by atoms with Crippen molar-refractivity contribution in [2.24, 2.45) is 17.8 Å². The number of carbonyl (C=O) groups excluding carboxylic acids is 1. The van der Waals surface area contributed by atoms with Gasteiger partial charge in [-0.15, -0.1) is 0 Å². The Morgan fingerprint density at radius 1 is 1.39 bits per heavy atom. The average Bonchev–Trinajstić information content (AvgIpc) is 3.05. The largest absolute Gasteiger partial charge is 0.465 e. The maximum atomic E-state index is 12.2. The normalized spacial score (nSPS) is 29.8. The molecule has 3 rings (SSSR count). The fourth-order valence-corrected chi connectivity index (χ4v) is 3.05. The maximum Gasteiger partial charge on any atom is 0.310 e. The molecule has 0 aromatic carbocycles. The molecule has 1 heterocycles. The quantitative estimate of drug-likeness (QED) is 0.607. The van der Waals surface area contributed by atoms with Crippen molar-refractivity contribution in [2.75, 3.05) is 0 Å². The second-order valence-electron chi connectivity index (χ2n) is 5.80. The van der Waals surface area contributed by atoms with E-state index in [1.807, 2.05) is 26.0 Å². The lowest BCUT2D eigenvalue weighted by molar-refractivity contribution is -0.165. The van der Waals surface area contributed by atoms with E-state index in [0.717, 1.165) is 12.8 Å². The number of carbonyl (C=O) groups is 1. The van der Waals surface area contributed by atoms with Gasteiger partial charge in [0.25, 0.3) is 0 Å².